The lowest BCUT2D eigenvalue weighted by Gasteiger charge is -2.24. The fourth-order valence-corrected chi connectivity index (χ4v) is 6.21. The summed E-state index contributed by atoms with van der Waals surface area (Å²) in [6.45, 7) is 10.9. The molecule has 1 aliphatic rings. The van der Waals surface area contributed by atoms with Crippen LogP contribution in [0.1, 0.15) is 49.1 Å². The number of allylic oxidation sites excluding steroid dienone is 1. The molecule has 1 aliphatic heterocycles. The van der Waals surface area contributed by atoms with Gasteiger partial charge in [-0.25, -0.2) is 9.79 Å². The number of nitrogens with zero attached hydrogens (tertiary/aromatic N) is 2. The van der Waals surface area contributed by atoms with Crippen molar-refractivity contribution in [1.82, 2.24) is 4.57 Å². The molecule has 0 radical (unpaired) electrons. The van der Waals surface area contributed by atoms with Gasteiger partial charge in [0.25, 0.3) is 5.56 Å². The van der Waals surface area contributed by atoms with Crippen molar-refractivity contribution in [3.05, 3.63) is 114 Å². The van der Waals surface area contributed by atoms with E-state index in [9.17, 15) is 9.59 Å². The lowest BCUT2D eigenvalue weighted by Crippen LogP contribution is -2.39. The summed E-state index contributed by atoms with van der Waals surface area (Å²) in [5.41, 5.74) is 4.46. The molecule has 5 rings (SSSR count). The molecule has 9 nitrogen and oxygen atoms in total. The summed E-state index contributed by atoms with van der Waals surface area (Å²) in [7, 11) is 1.59. The van der Waals surface area contributed by atoms with E-state index >= 15 is 0 Å². The number of aryl methyl sites for hydroxylation is 2. The van der Waals surface area contributed by atoms with Gasteiger partial charge in [-0.05, 0) is 99.3 Å². The molecule has 3 aromatic carbocycles. The maximum Gasteiger partial charge on any atom is 0.338 e. The van der Waals surface area contributed by atoms with Gasteiger partial charge in [0.2, 0.25) is 0 Å². The van der Waals surface area contributed by atoms with Crippen molar-refractivity contribution in [3.8, 4) is 23.0 Å². The number of hydrogen-bond acceptors (Lipinski definition) is 9. The highest BCUT2D eigenvalue weighted by atomic mass is 32.1. The molecule has 0 fully saturated rings. The number of rotatable bonds is 12. The normalized spacial score (nSPS) is 14.4. The van der Waals surface area contributed by atoms with E-state index in [0.717, 1.165) is 16.9 Å². The smallest absolute Gasteiger partial charge is 0.338 e. The first-order valence-corrected chi connectivity index (χ1v) is 16.0. The van der Waals surface area contributed by atoms with Gasteiger partial charge >= 0.3 is 5.97 Å². The SMILES string of the molecule is CCOC(=O)C1=C(C)N=c2s/c(=C\c3ccc(OCCOc4ccc(C)c(C)c4)c(OCC)c3)c(=O)n2[C@H]1c1ccc(OC)cc1. The van der Waals surface area contributed by atoms with Crippen molar-refractivity contribution in [3.63, 3.8) is 0 Å². The van der Waals surface area contributed by atoms with Crippen molar-refractivity contribution in [1.29, 1.82) is 0 Å². The number of benzene rings is 3. The Hall–Kier alpha value is -4.83. The number of esters is 1. The Morgan fingerprint density at radius 1 is 0.870 bits per heavy atom. The fraction of sp³-hybridized carbons (Fsp3) is 0.306. The molecule has 0 N–H and O–H groups in total. The van der Waals surface area contributed by atoms with Gasteiger partial charge in [0, 0.05) is 0 Å². The second kappa shape index (κ2) is 14.5. The molecule has 1 atom stereocenters. The van der Waals surface area contributed by atoms with Gasteiger partial charge in [-0.15, -0.1) is 0 Å². The molecule has 2 heterocycles. The Morgan fingerprint density at radius 2 is 1.61 bits per heavy atom. The van der Waals surface area contributed by atoms with Crippen LogP contribution in [-0.4, -0.2) is 44.1 Å². The fourth-order valence-electron chi connectivity index (χ4n) is 5.16. The van der Waals surface area contributed by atoms with Crippen LogP contribution in [0.2, 0.25) is 0 Å². The van der Waals surface area contributed by atoms with E-state index in [0.29, 0.717) is 57.7 Å². The van der Waals surface area contributed by atoms with Crippen LogP contribution in [0.4, 0.5) is 0 Å². The summed E-state index contributed by atoms with van der Waals surface area (Å²) in [5.74, 6) is 2.11. The minimum Gasteiger partial charge on any atom is -0.497 e. The van der Waals surface area contributed by atoms with E-state index in [1.54, 1.807) is 43.7 Å². The second-order valence-electron chi connectivity index (χ2n) is 10.7. The van der Waals surface area contributed by atoms with Crippen LogP contribution in [0.3, 0.4) is 0 Å². The minimum absolute atomic E-state index is 0.205. The number of carbonyl (C=O) groups is 1. The van der Waals surface area contributed by atoms with Gasteiger partial charge in [-0.2, -0.15) is 0 Å². The highest BCUT2D eigenvalue weighted by Crippen LogP contribution is 2.32. The highest BCUT2D eigenvalue weighted by Gasteiger charge is 2.33. The second-order valence-corrected chi connectivity index (χ2v) is 11.7. The molecule has 46 heavy (non-hydrogen) atoms. The van der Waals surface area contributed by atoms with Gasteiger partial charge in [0.05, 0.1) is 42.2 Å². The lowest BCUT2D eigenvalue weighted by molar-refractivity contribution is -0.139. The number of aromatic nitrogens is 1. The molecule has 0 saturated carbocycles. The van der Waals surface area contributed by atoms with Gasteiger partial charge in [-0.1, -0.05) is 35.6 Å². The molecule has 0 spiro atoms. The van der Waals surface area contributed by atoms with Gasteiger partial charge in [0.1, 0.15) is 24.7 Å². The molecule has 10 heteroatoms. The molecule has 240 valence electrons. The average molecular weight is 643 g/mol. The largest absolute Gasteiger partial charge is 0.497 e. The summed E-state index contributed by atoms with van der Waals surface area (Å²) >= 11 is 1.26. The first kappa shape index (κ1) is 32.6. The topological polar surface area (TPSA) is 97.6 Å². The van der Waals surface area contributed by atoms with E-state index < -0.39 is 12.0 Å². The van der Waals surface area contributed by atoms with Crippen molar-refractivity contribution in [2.45, 2.75) is 40.7 Å². The predicted octanol–water partition coefficient (Wildman–Crippen LogP) is 5.28. The molecular weight excluding hydrogens is 604 g/mol. The molecule has 0 unspecified atom stereocenters. The molecule has 0 saturated heterocycles. The number of thiazole rings is 1. The first-order valence-electron chi connectivity index (χ1n) is 15.2. The quantitative estimate of drug-likeness (QED) is 0.153. The maximum atomic E-state index is 14.0. The van der Waals surface area contributed by atoms with Crippen molar-refractivity contribution < 1.29 is 28.5 Å². The monoisotopic (exact) mass is 642 g/mol. The molecule has 4 aromatic rings. The third-order valence-corrected chi connectivity index (χ3v) is 8.58. The number of fused-ring (bicyclic) bond motifs is 1. The van der Waals surface area contributed by atoms with E-state index in [-0.39, 0.29) is 12.2 Å². The third kappa shape index (κ3) is 7.02. The minimum atomic E-state index is -0.704. The Labute approximate surface area is 272 Å². The summed E-state index contributed by atoms with van der Waals surface area (Å²) in [5, 5.41) is 0. The maximum absolute atomic E-state index is 14.0. The third-order valence-electron chi connectivity index (χ3n) is 7.60. The predicted molar refractivity (Wildman–Crippen MR) is 178 cm³/mol. The molecular formula is C36H38N2O7S. The summed E-state index contributed by atoms with van der Waals surface area (Å²) in [6, 6.07) is 18.1. The van der Waals surface area contributed by atoms with Crippen LogP contribution in [0.25, 0.3) is 6.08 Å². The lowest BCUT2D eigenvalue weighted by atomic mass is 9.96. The molecule has 1 aromatic heterocycles. The number of hydrogen-bond donors (Lipinski definition) is 0. The first-order chi connectivity index (χ1) is 22.2. The van der Waals surface area contributed by atoms with E-state index in [4.69, 9.17) is 23.7 Å². The Morgan fingerprint density at radius 3 is 2.30 bits per heavy atom. The zero-order valence-electron chi connectivity index (χ0n) is 26.9. The van der Waals surface area contributed by atoms with E-state index in [1.807, 2.05) is 55.5 Å². The Bertz CT molecular complexity index is 1940. The molecule has 0 bridgehead atoms. The van der Waals surface area contributed by atoms with Crippen LogP contribution >= 0.6 is 11.3 Å². The number of methoxy groups -OCH3 is 1. The van der Waals surface area contributed by atoms with Gasteiger partial charge in [0.15, 0.2) is 16.3 Å². The molecule has 0 aliphatic carbocycles. The van der Waals surface area contributed by atoms with Crippen molar-refractivity contribution >= 4 is 23.4 Å². The zero-order chi connectivity index (χ0) is 32.8. The van der Waals surface area contributed by atoms with Crippen LogP contribution in [0, 0.1) is 13.8 Å². The van der Waals surface area contributed by atoms with E-state index in [1.165, 1.54) is 22.5 Å². The van der Waals surface area contributed by atoms with Crippen LogP contribution in [0.5, 0.6) is 23.0 Å². The van der Waals surface area contributed by atoms with Gasteiger partial charge < -0.3 is 23.7 Å². The number of ether oxygens (including phenoxy) is 5. The number of carbonyl (C=O) groups excluding carboxylic acids is 1. The van der Waals surface area contributed by atoms with Crippen molar-refractivity contribution in [2.75, 3.05) is 33.5 Å². The van der Waals surface area contributed by atoms with Gasteiger partial charge in [-0.3, -0.25) is 9.36 Å². The zero-order valence-corrected chi connectivity index (χ0v) is 27.7. The summed E-state index contributed by atoms with van der Waals surface area (Å²) < 4.78 is 30.5. The highest BCUT2D eigenvalue weighted by molar-refractivity contribution is 7.07. The Balaban J connectivity index is 1.44. The average Bonchev–Trinajstić information content (AvgIpc) is 3.35. The van der Waals surface area contributed by atoms with E-state index in [2.05, 4.69) is 18.8 Å². The standard InChI is InChI=1S/C36H38N2O7S/c1-7-42-30-20-25(10-16-29(30)45-18-17-44-28-13-9-22(3)23(4)19-28)21-31-34(39)38-33(26-11-14-27(41-6)15-12-26)32(35(40)43-8-2)24(5)37-36(38)46-31/h9-16,19-21,33H,7-8,17-18H2,1-6H3/b31-21-/t33-/m0/s1. The van der Waals surface area contributed by atoms with Crippen molar-refractivity contribution in [2.24, 2.45) is 4.99 Å². The van der Waals surface area contributed by atoms with Crippen LogP contribution < -0.4 is 33.8 Å². The Kier molecular flexibility index (Phi) is 10.3. The summed E-state index contributed by atoms with van der Waals surface area (Å²) in [4.78, 5) is 32.3. The van der Waals surface area contributed by atoms with Crippen LogP contribution in [-0.2, 0) is 9.53 Å². The summed E-state index contributed by atoms with van der Waals surface area (Å²) in [6.07, 6.45) is 1.80. The molecule has 0 amide bonds. The van der Waals surface area contributed by atoms with Crippen LogP contribution in [0.15, 0.2) is 81.7 Å².